The molecule has 0 aliphatic heterocycles. The first-order chi connectivity index (χ1) is 5.20. The average molecular weight is 162 g/mol. The summed E-state index contributed by atoms with van der Waals surface area (Å²) in [6.45, 7) is 1.26. The van der Waals surface area contributed by atoms with Gasteiger partial charge in [-0.15, -0.1) is 4.91 Å². The first-order valence-electron chi connectivity index (χ1n) is 3.36. The Morgan fingerprint density at radius 1 is 1.45 bits per heavy atom. The fourth-order valence-corrected chi connectivity index (χ4v) is 0.646. The first-order valence-corrected chi connectivity index (χ1v) is 3.36. The summed E-state index contributed by atoms with van der Waals surface area (Å²) in [6, 6.07) is 0. The molecule has 0 spiro atoms. The van der Waals surface area contributed by atoms with Gasteiger partial charge in [0.05, 0.1) is 11.8 Å². The molecular formula is C5H14N4O2. The fraction of sp³-hybridized carbons (Fsp3) is 1.00. The van der Waals surface area contributed by atoms with Crippen molar-refractivity contribution in [3.8, 4) is 0 Å². The minimum absolute atomic E-state index is 0.401. The predicted octanol–water partition coefficient (Wildman–Crippen LogP) is -0.185. The lowest BCUT2D eigenvalue weighted by molar-refractivity contribution is -0.0214. The van der Waals surface area contributed by atoms with Crippen LogP contribution in [0.1, 0.15) is 6.42 Å². The van der Waals surface area contributed by atoms with Crippen LogP contribution < -0.4 is 5.59 Å². The number of hydrogen-bond donors (Lipinski definition) is 2. The number of hydrogen-bond acceptors (Lipinski definition) is 5. The third-order valence-corrected chi connectivity index (χ3v) is 1.19. The molecule has 11 heavy (non-hydrogen) atoms. The van der Waals surface area contributed by atoms with Crippen LogP contribution in [0, 0.1) is 4.91 Å². The highest BCUT2D eigenvalue weighted by Crippen LogP contribution is 1.87. The number of nitroso groups, excluding NO2 is 1. The highest BCUT2D eigenvalue weighted by atomic mass is 16.5. The molecule has 0 aromatic rings. The van der Waals surface area contributed by atoms with E-state index in [1.807, 2.05) is 19.0 Å². The van der Waals surface area contributed by atoms with Gasteiger partial charge < -0.3 is 4.90 Å². The lowest BCUT2D eigenvalue weighted by Crippen LogP contribution is -2.32. The van der Waals surface area contributed by atoms with Gasteiger partial charge in [0.15, 0.2) is 0 Å². The van der Waals surface area contributed by atoms with E-state index in [-0.39, 0.29) is 0 Å². The summed E-state index contributed by atoms with van der Waals surface area (Å²) in [5, 5.41) is 11.6. The van der Waals surface area contributed by atoms with Gasteiger partial charge in [0, 0.05) is 0 Å². The van der Waals surface area contributed by atoms with E-state index in [0.29, 0.717) is 6.54 Å². The Morgan fingerprint density at radius 2 is 2.09 bits per heavy atom. The lowest BCUT2D eigenvalue weighted by Gasteiger charge is -2.13. The molecule has 0 aliphatic rings. The molecule has 6 nitrogen and oxygen atoms in total. The van der Waals surface area contributed by atoms with Crippen molar-refractivity contribution in [2.45, 2.75) is 6.42 Å². The van der Waals surface area contributed by atoms with Gasteiger partial charge in [-0.05, 0) is 27.1 Å². The molecule has 0 radical (unpaired) electrons. The van der Waals surface area contributed by atoms with Crippen LogP contribution >= 0.6 is 0 Å². The summed E-state index contributed by atoms with van der Waals surface area (Å²) >= 11 is 0. The van der Waals surface area contributed by atoms with Crippen molar-refractivity contribution in [3.63, 3.8) is 0 Å². The van der Waals surface area contributed by atoms with E-state index in [4.69, 9.17) is 5.21 Å². The van der Waals surface area contributed by atoms with Crippen LogP contribution in [0.5, 0.6) is 0 Å². The van der Waals surface area contributed by atoms with Crippen LogP contribution in [-0.2, 0) is 0 Å². The van der Waals surface area contributed by atoms with Crippen LogP contribution in [0.25, 0.3) is 0 Å². The molecule has 6 heteroatoms. The van der Waals surface area contributed by atoms with Gasteiger partial charge >= 0.3 is 0 Å². The van der Waals surface area contributed by atoms with Crippen LogP contribution in [0.4, 0.5) is 0 Å². The second-order valence-corrected chi connectivity index (χ2v) is 2.46. The molecule has 0 saturated carbocycles. The molecular weight excluding hydrogens is 148 g/mol. The zero-order valence-electron chi connectivity index (χ0n) is 6.82. The monoisotopic (exact) mass is 162 g/mol. The van der Waals surface area contributed by atoms with Gasteiger partial charge in [0.1, 0.15) is 0 Å². The van der Waals surface area contributed by atoms with E-state index in [9.17, 15) is 4.91 Å². The number of hydrazine groups is 1. The van der Waals surface area contributed by atoms with Crippen molar-refractivity contribution in [1.82, 2.24) is 15.6 Å². The normalized spacial score (nSPS) is 10.2. The molecule has 0 atom stereocenters. The number of rotatable bonds is 6. The Hall–Kier alpha value is -0.720. The standard InChI is InChI=1S/C5H14N4O2/c1-8(2)4-3-5-9(6-10)7-11/h6,10H,3-5H2,1-2H3. The van der Waals surface area contributed by atoms with Gasteiger partial charge in [-0.2, -0.15) is 5.12 Å². The molecule has 0 aliphatic carbocycles. The smallest absolute Gasteiger partial charge is 0.0703 e. The number of nitrogens with zero attached hydrogens (tertiary/aromatic N) is 3. The van der Waals surface area contributed by atoms with Gasteiger partial charge in [-0.1, -0.05) is 5.59 Å². The Morgan fingerprint density at radius 3 is 2.45 bits per heavy atom. The largest absolute Gasteiger partial charge is 0.309 e. The third kappa shape index (κ3) is 5.71. The Bertz CT molecular complexity index is 109. The van der Waals surface area contributed by atoms with Gasteiger partial charge in [0.25, 0.3) is 0 Å². The van der Waals surface area contributed by atoms with Crippen LogP contribution in [0.3, 0.4) is 0 Å². The highest BCUT2D eigenvalue weighted by Gasteiger charge is 1.99. The van der Waals surface area contributed by atoms with E-state index in [2.05, 4.69) is 5.29 Å². The van der Waals surface area contributed by atoms with Crippen molar-refractivity contribution >= 4 is 0 Å². The first kappa shape index (κ1) is 10.3. The maximum atomic E-state index is 9.85. The van der Waals surface area contributed by atoms with Crippen molar-refractivity contribution < 1.29 is 5.21 Å². The summed E-state index contributed by atoms with van der Waals surface area (Å²) in [5.41, 5.74) is 1.66. The number of nitrogens with one attached hydrogen (secondary N) is 1. The zero-order valence-corrected chi connectivity index (χ0v) is 6.82. The van der Waals surface area contributed by atoms with Gasteiger partial charge in [0.2, 0.25) is 0 Å². The topological polar surface area (TPSA) is 68.2 Å². The highest BCUT2D eigenvalue weighted by molar-refractivity contribution is 4.46. The third-order valence-electron chi connectivity index (χ3n) is 1.19. The Labute approximate surface area is 65.7 Å². The predicted molar refractivity (Wildman–Crippen MR) is 40.6 cm³/mol. The second kappa shape index (κ2) is 6.02. The van der Waals surface area contributed by atoms with Crippen molar-refractivity contribution in [2.24, 2.45) is 5.29 Å². The molecule has 0 aromatic heterocycles. The van der Waals surface area contributed by atoms with E-state index in [0.717, 1.165) is 18.1 Å². The molecule has 0 heterocycles. The molecule has 0 rings (SSSR count). The maximum absolute atomic E-state index is 9.85. The van der Waals surface area contributed by atoms with E-state index < -0.39 is 0 Å². The van der Waals surface area contributed by atoms with Crippen LogP contribution in [-0.4, -0.2) is 42.4 Å². The summed E-state index contributed by atoms with van der Waals surface area (Å²) in [4.78, 5) is 11.8. The van der Waals surface area contributed by atoms with Crippen molar-refractivity contribution in [1.29, 1.82) is 0 Å². The molecule has 0 aromatic carbocycles. The average Bonchev–Trinajstić information content (AvgIpc) is 1.98. The van der Waals surface area contributed by atoms with E-state index in [1.165, 1.54) is 0 Å². The summed E-state index contributed by atoms with van der Waals surface area (Å²) in [5.74, 6) is 0. The van der Waals surface area contributed by atoms with Gasteiger partial charge in [-0.25, -0.2) is 0 Å². The lowest BCUT2D eigenvalue weighted by atomic mass is 10.4. The van der Waals surface area contributed by atoms with Crippen LogP contribution in [0.15, 0.2) is 5.29 Å². The molecule has 0 amide bonds. The Balaban J connectivity index is 3.28. The van der Waals surface area contributed by atoms with Crippen molar-refractivity contribution in [2.75, 3.05) is 27.2 Å². The minimum Gasteiger partial charge on any atom is -0.309 e. The molecule has 2 N–H and O–H groups in total. The summed E-state index contributed by atoms with van der Waals surface area (Å²) in [6.07, 6.45) is 0.770. The summed E-state index contributed by atoms with van der Waals surface area (Å²) < 4.78 is 0. The quantitative estimate of drug-likeness (QED) is 0.418. The Kier molecular flexibility index (Phi) is 5.63. The van der Waals surface area contributed by atoms with Gasteiger partial charge in [-0.3, -0.25) is 5.21 Å². The molecule has 0 bridgehead atoms. The van der Waals surface area contributed by atoms with Crippen molar-refractivity contribution in [3.05, 3.63) is 4.91 Å². The molecule has 0 saturated heterocycles. The zero-order chi connectivity index (χ0) is 8.69. The summed E-state index contributed by atoms with van der Waals surface area (Å²) in [7, 11) is 3.87. The molecule has 0 fully saturated rings. The maximum Gasteiger partial charge on any atom is 0.0703 e. The van der Waals surface area contributed by atoms with E-state index >= 15 is 0 Å². The van der Waals surface area contributed by atoms with E-state index in [1.54, 1.807) is 5.59 Å². The minimum atomic E-state index is 0.401. The fourth-order valence-electron chi connectivity index (χ4n) is 0.646. The SMILES string of the molecule is CN(C)CCCN(N=O)NO. The second-order valence-electron chi connectivity index (χ2n) is 2.46. The molecule has 66 valence electrons. The van der Waals surface area contributed by atoms with Crippen LogP contribution in [0.2, 0.25) is 0 Å². The molecule has 0 unspecified atom stereocenters.